The second-order valence-electron chi connectivity index (χ2n) is 7.87. The minimum absolute atomic E-state index is 0.129. The largest absolute Gasteiger partial charge is 0.351 e. The molecule has 4 aliphatic rings. The highest BCUT2D eigenvalue weighted by Crippen LogP contribution is 2.61. The molecular formula is C19H25NO. The summed E-state index contributed by atoms with van der Waals surface area (Å²) in [7, 11) is 0. The number of hydrogen-bond donors (Lipinski definition) is 1. The van der Waals surface area contributed by atoms with Gasteiger partial charge in [-0.2, -0.15) is 0 Å². The van der Waals surface area contributed by atoms with Gasteiger partial charge in [-0.05, 0) is 68.3 Å². The fraction of sp³-hybridized carbons (Fsp3) is 0.632. The van der Waals surface area contributed by atoms with Gasteiger partial charge < -0.3 is 5.32 Å². The predicted octanol–water partition coefficient (Wildman–Crippen LogP) is 3.79. The normalized spacial score (nSPS) is 40.3. The molecule has 21 heavy (non-hydrogen) atoms. The average Bonchev–Trinajstić information content (AvgIpc) is 2.38. The number of rotatable bonds is 2. The van der Waals surface area contributed by atoms with Gasteiger partial charge in [0.05, 0.1) is 0 Å². The minimum atomic E-state index is 0.129. The molecule has 2 nitrogen and oxygen atoms in total. The lowest BCUT2D eigenvalue weighted by molar-refractivity contribution is -0.125. The monoisotopic (exact) mass is 283 g/mol. The summed E-state index contributed by atoms with van der Waals surface area (Å²) < 4.78 is 0. The lowest BCUT2D eigenvalue weighted by atomic mass is 9.48. The Labute approximate surface area is 127 Å². The molecule has 2 heteroatoms. The summed E-state index contributed by atoms with van der Waals surface area (Å²) in [6.07, 6.45) is 6.35. The molecule has 0 heterocycles. The number of aryl methyl sites for hydroxylation is 1. The van der Waals surface area contributed by atoms with Crippen LogP contribution in [0.3, 0.4) is 0 Å². The molecule has 112 valence electrons. The molecule has 0 saturated heterocycles. The van der Waals surface area contributed by atoms with Crippen LogP contribution in [0.1, 0.15) is 56.1 Å². The highest BCUT2D eigenvalue weighted by molar-refractivity contribution is 5.74. The molecule has 0 spiro atoms. The van der Waals surface area contributed by atoms with Crippen molar-refractivity contribution in [3.8, 4) is 0 Å². The molecule has 0 radical (unpaired) electrons. The van der Waals surface area contributed by atoms with E-state index in [-0.39, 0.29) is 11.4 Å². The standard InChI is InChI=1S/C19H25NO/c1-12-3-5-15(6-4-12)18-16-7-14-8-17(18)11-19(9-14,10-16)20-13(2)21/h3-6,14,16-18H,7-11H2,1-2H3,(H,20,21). The summed E-state index contributed by atoms with van der Waals surface area (Å²) in [4.78, 5) is 11.6. The van der Waals surface area contributed by atoms with Crippen LogP contribution >= 0.6 is 0 Å². The Morgan fingerprint density at radius 3 is 2.29 bits per heavy atom. The Hall–Kier alpha value is -1.31. The van der Waals surface area contributed by atoms with Crippen molar-refractivity contribution < 1.29 is 4.79 Å². The Bertz CT molecular complexity index is 545. The highest BCUT2D eigenvalue weighted by Gasteiger charge is 2.55. The maximum atomic E-state index is 11.6. The zero-order valence-electron chi connectivity index (χ0n) is 13.1. The maximum absolute atomic E-state index is 11.6. The third-order valence-electron chi connectivity index (χ3n) is 6.18. The number of amides is 1. The Balaban J connectivity index is 1.63. The van der Waals surface area contributed by atoms with Crippen LogP contribution in [0, 0.1) is 24.7 Å². The lowest BCUT2D eigenvalue weighted by Gasteiger charge is -2.60. The molecule has 1 amide bonds. The van der Waals surface area contributed by atoms with Crippen molar-refractivity contribution in [2.75, 3.05) is 0 Å². The van der Waals surface area contributed by atoms with Crippen molar-refractivity contribution in [1.29, 1.82) is 0 Å². The third kappa shape index (κ3) is 2.20. The number of nitrogens with one attached hydrogen (secondary N) is 1. The number of carbonyl (C=O) groups is 1. The van der Waals surface area contributed by atoms with Crippen LogP contribution in [0.5, 0.6) is 0 Å². The van der Waals surface area contributed by atoms with Crippen LogP contribution in [-0.4, -0.2) is 11.4 Å². The molecule has 0 aliphatic heterocycles. The summed E-state index contributed by atoms with van der Waals surface area (Å²) in [5, 5.41) is 3.33. The van der Waals surface area contributed by atoms with Crippen molar-refractivity contribution in [2.24, 2.45) is 17.8 Å². The highest BCUT2D eigenvalue weighted by atomic mass is 16.1. The first-order valence-electron chi connectivity index (χ1n) is 8.40. The van der Waals surface area contributed by atoms with Crippen LogP contribution in [0.25, 0.3) is 0 Å². The van der Waals surface area contributed by atoms with Crippen LogP contribution in [-0.2, 0) is 4.79 Å². The topological polar surface area (TPSA) is 29.1 Å². The van der Waals surface area contributed by atoms with E-state index in [0.717, 1.165) is 23.7 Å². The Kier molecular flexibility index (Phi) is 2.92. The second-order valence-corrected chi connectivity index (χ2v) is 7.87. The Morgan fingerprint density at radius 2 is 1.71 bits per heavy atom. The van der Waals surface area contributed by atoms with Gasteiger partial charge in [0, 0.05) is 12.5 Å². The molecule has 2 unspecified atom stereocenters. The van der Waals surface area contributed by atoms with Gasteiger partial charge >= 0.3 is 0 Å². The first-order chi connectivity index (χ1) is 10.0. The second kappa shape index (κ2) is 4.59. The molecule has 1 N–H and O–H groups in total. The predicted molar refractivity (Wildman–Crippen MR) is 84.0 cm³/mol. The molecule has 5 rings (SSSR count). The summed E-state index contributed by atoms with van der Waals surface area (Å²) >= 11 is 0. The van der Waals surface area contributed by atoms with Gasteiger partial charge in [-0.15, -0.1) is 0 Å². The van der Waals surface area contributed by atoms with Crippen LogP contribution in [0.4, 0.5) is 0 Å². The van der Waals surface area contributed by atoms with E-state index >= 15 is 0 Å². The zero-order valence-corrected chi connectivity index (χ0v) is 13.1. The molecule has 2 atom stereocenters. The van der Waals surface area contributed by atoms with E-state index < -0.39 is 0 Å². The van der Waals surface area contributed by atoms with Crippen LogP contribution in [0.15, 0.2) is 24.3 Å². The van der Waals surface area contributed by atoms with Crippen molar-refractivity contribution >= 4 is 5.91 Å². The van der Waals surface area contributed by atoms with Crippen molar-refractivity contribution in [3.63, 3.8) is 0 Å². The fourth-order valence-electron chi connectivity index (χ4n) is 5.88. The van der Waals surface area contributed by atoms with Gasteiger partial charge in [0.25, 0.3) is 0 Å². The Morgan fingerprint density at radius 1 is 1.10 bits per heavy atom. The third-order valence-corrected chi connectivity index (χ3v) is 6.18. The fourth-order valence-corrected chi connectivity index (χ4v) is 5.88. The molecule has 4 bridgehead atoms. The van der Waals surface area contributed by atoms with Crippen LogP contribution in [0.2, 0.25) is 0 Å². The number of benzene rings is 1. The molecular weight excluding hydrogens is 258 g/mol. The van der Waals surface area contributed by atoms with Gasteiger partial charge in [-0.1, -0.05) is 29.8 Å². The van der Waals surface area contributed by atoms with Crippen LogP contribution < -0.4 is 5.32 Å². The minimum Gasteiger partial charge on any atom is -0.351 e. The van der Waals surface area contributed by atoms with Gasteiger partial charge in [0.2, 0.25) is 5.91 Å². The van der Waals surface area contributed by atoms with Gasteiger partial charge in [0.15, 0.2) is 0 Å². The smallest absolute Gasteiger partial charge is 0.217 e. The SMILES string of the molecule is CC(=O)NC12CC3CC(C1)C(c1ccc(C)cc1)C(C3)C2. The first-order valence-corrected chi connectivity index (χ1v) is 8.40. The molecule has 4 saturated carbocycles. The van der Waals surface area contributed by atoms with Gasteiger partial charge in [0.1, 0.15) is 0 Å². The average molecular weight is 283 g/mol. The number of carbonyl (C=O) groups excluding carboxylic acids is 1. The van der Waals surface area contributed by atoms with E-state index in [1.54, 1.807) is 6.92 Å². The van der Waals surface area contributed by atoms with Crippen molar-refractivity contribution in [3.05, 3.63) is 35.4 Å². The summed E-state index contributed by atoms with van der Waals surface area (Å²) in [6.45, 7) is 3.84. The van der Waals surface area contributed by atoms with Crippen molar-refractivity contribution in [1.82, 2.24) is 5.32 Å². The maximum Gasteiger partial charge on any atom is 0.217 e. The van der Waals surface area contributed by atoms with E-state index in [2.05, 4.69) is 36.5 Å². The van der Waals surface area contributed by atoms with Crippen molar-refractivity contribution in [2.45, 2.75) is 57.4 Å². The van der Waals surface area contributed by atoms with E-state index in [9.17, 15) is 4.79 Å². The van der Waals surface area contributed by atoms with Gasteiger partial charge in [-0.25, -0.2) is 0 Å². The molecule has 4 aliphatic carbocycles. The summed E-state index contributed by atoms with van der Waals surface area (Å²) in [5.41, 5.74) is 3.01. The molecule has 0 aromatic heterocycles. The van der Waals surface area contributed by atoms with E-state index in [1.165, 1.54) is 43.2 Å². The van der Waals surface area contributed by atoms with Gasteiger partial charge in [-0.3, -0.25) is 4.79 Å². The number of hydrogen-bond acceptors (Lipinski definition) is 1. The molecule has 1 aromatic rings. The summed E-state index contributed by atoms with van der Waals surface area (Å²) in [5.74, 6) is 3.26. The zero-order chi connectivity index (χ0) is 14.6. The van der Waals surface area contributed by atoms with E-state index in [4.69, 9.17) is 0 Å². The first kappa shape index (κ1) is 13.4. The van der Waals surface area contributed by atoms with E-state index in [1.807, 2.05) is 0 Å². The quantitative estimate of drug-likeness (QED) is 0.879. The molecule has 1 aromatic carbocycles. The molecule has 4 fully saturated rings. The lowest BCUT2D eigenvalue weighted by Crippen LogP contribution is -2.61. The van der Waals surface area contributed by atoms with E-state index in [0.29, 0.717) is 0 Å². The summed E-state index contributed by atoms with van der Waals surface area (Å²) in [6, 6.07) is 9.19.